The van der Waals surface area contributed by atoms with Crippen molar-refractivity contribution >= 4 is 23.2 Å². The number of hydrogen-bond donors (Lipinski definition) is 1. The maximum atomic E-state index is 12.2. The molecule has 6 nitrogen and oxygen atoms in total. The Morgan fingerprint density at radius 1 is 1.20 bits per heavy atom. The lowest BCUT2D eigenvalue weighted by molar-refractivity contribution is -0.120. The molecule has 2 aromatic heterocycles. The lowest BCUT2D eigenvalue weighted by atomic mass is 10.1. The van der Waals surface area contributed by atoms with Crippen LogP contribution in [0.15, 0.2) is 42.7 Å². The van der Waals surface area contributed by atoms with Crippen LogP contribution in [0.5, 0.6) is 11.5 Å². The minimum Gasteiger partial charge on any atom is -0.493 e. The number of hydrogen-bond acceptors (Lipinski definition) is 4. The highest BCUT2D eigenvalue weighted by Crippen LogP contribution is 2.27. The van der Waals surface area contributed by atoms with Crippen LogP contribution in [0, 0.1) is 0 Å². The zero-order chi connectivity index (χ0) is 17.8. The molecule has 130 valence electrons. The Hall–Kier alpha value is -2.73. The highest BCUT2D eigenvalue weighted by atomic mass is 35.5. The van der Waals surface area contributed by atoms with Gasteiger partial charge in [0.2, 0.25) is 5.91 Å². The van der Waals surface area contributed by atoms with Gasteiger partial charge in [0.05, 0.1) is 32.9 Å². The van der Waals surface area contributed by atoms with Crippen LogP contribution in [0.2, 0.25) is 5.02 Å². The SMILES string of the molecule is COc1ccc(CC(=O)NCc2cn3ccc(Cl)cc3n2)cc1OC. The summed E-state index contributed by atoms with van der Waals surface area (Å²) in [5.74, 6) is 1.14. The number of rotatable bonds is 6. The summed E-state index contributed by atoms with van der Waals surface area (Å²) in [6, 6.07) is 8.98. The monoisotopic (exact) mass is 359 g/mol. The minimum absolute atomic E-state index is 0.0951. The number of amides is 1. The van der Waals surface area contributed by atoms with E-state index in [9.17, 15) is 4.79 Å². The van der Waals surface area contributed by atoms with Gasteiger partial charge in [0.1, 0.15) is 5.65 Å². The summed E-state index contributed by atoms with van der Waals surface area (Å²) in [6.07, 6.45) is 3.95. The van der Waals surface area contributed by atoms with E-state index in [1.807, 2.05) is 22.9 Å². The predicted molar refractivity (Wildman–Crippen MR) is 95.3 cm³/mol. The smallest absolute Gasteiger partial charge is 0.224 e. The Bertz CT molecular complexity index is 908. The van der Waals surface area contributed by atoms with Gasteiger partial charge in [0.25, 0.3) is 0 Å². The molecular weight excluding hydrogens is 342 g/mol. The molecule has 0 spiro atoms. The summed E-state index contributed by atoms with van der Waals surface area (Å²) in [5.41, 5.74) is 2.36. The molecule has 0 radical (unpaired) electrons. The van der Waals surface area contributed by atoms with Crippen LogP contribution in [0.4, 0.5) is 0 Å². The van der Waals surface area contributed by atoms with Crippen LogP contribution < -0.4 is 14.8 Å². The number of fused-ring (bicyclic) bond motifs is 1. The molecule has 25 heavy (non-hydrogen) atoms. The second-order valence-electron chi connectivity index (χ2n) is 5.49. The molecule has 0 saturated carbocycles. The number of pyridine rings is 1. The summed E-state index contributed by atoms with van der Waals surface area (Å²) in [5, 5.41) is 3.50. The van der Waals surface area contributed by atoms with Crippen molar-refractivity contribution < 1.29 is 14.3 Å². The lowest BCUT2D eigenvalue weighted by Gasteiger charge is -2.09. The van der Waals surface area contributed by atoms with Crippen LogP contribution >= 0.6 is 11.6 Å². The van der Waals surface area contributed by atoms with Crippen LogP contribution in [-0.4, -0.2) is 29.5 Å². The van der Waals surface area contributed by atoms with Crippen molar-refractivity contribution in [2.45, 2.75) is 13.0 Å². The number of carbonyl (C=O) groups excluding carboxylic acids is 1. The van der Waals surface area contributed by atoms with Gasteiger partial charge >= 0.3 is 0 Å². The van der Waals surface area contributed by atoms with E-state index < -0.39 is 0 Å². The first-order chi connectivity index (χ1) is 12.1. The van der Waals surface area contributed by atoms with Gasteiger partial charge in [-0.1, -0.05) is 17.7 Å². The second-order valence-corrected chi connectivity index (χ2v) is 5.92. The van der Waals surface area contributed by atoms with Gasteiger partial charge in [-0.05, 0) is 29.8 Å². The predicted octanol–water partition coefficient (Wildman–Crippen LogP) is 2.86. The van der Waals surface area contributed by atoms with Crippen molar-refractivity contribution in [3.63, 3.8) is 0 Å². The minimum atomic E-state index is -0.0951. The number of nitrogens with zero attached hydrogens (tertiary/aromatic N) is 2. The maximum absolute atomic E-state index is 12.2. The summed E-state index contributed by atoms with van der Waals surface area (Å²) < 4.78 is 12.3. The van der Waals surface area contributed by atoms with E-state index in [0.717, 1.165) is 16.9 Å². The standard InChI is InChI=1S/C18H18ClN3O3/c1-24-15-4-3-12(7-16(15)25-2)8-18(23)20-10-14-11-22-6-5-13(19)9-17(22)21-14/h3-7,9,11H,8,10H2,1-2H3,(H,20,23). The number of carbonyl (C=O) groups is 1. The number of nitrogens with one attached hydrogen (secondary N) is 1. The first kappa shape index (κ1) is 17.1. The molecule has 0 fully saturated rings. The molecule has 0 unspecified atom stereocenters. The van der Waals surface area contributed by atoms with Gasteiger partial charge in [0.15, 0.2) is 11.5 Å². The fraction of sp³-hybridized carbons (Fsp3) is 0.222. The van der Waals surface area contributed by atoms with Gasteiger partial charge < -0.3 is 19.2 Å². The van der Waals surface area contributed by atoms with E-state index in [1.165, 1.54) is 0 Å². The van der Waals surface area contributed by atoms with E-state index >= 15 is 0 Å². The third kappa shape index (κ3) is 4.03. The zero-order valence-electron chi connectivity index (χ0n) is 14.0. The highest BCUT2D eigenvalue weighted by Gasteiger charge is 2.09. The molecule has 1 aromatic carbocycles. The molecule has 2 heterocycles. The van der Waals surface area contributed by atoms with Crippen molar-refractivity contribution in [3.8, 4) is 11.5 Å². The van der Waals surface area contributed by atoms with Gasteiger partial charge in [-0.2, -0.15) is 0 Å². The Labute approximate surface area is 150 Å². The van der Waals surface area contributed by atoms with E-state index in [2.05, 4.69) is 10.3 Å². The summed E-state index contributed by atoms with van der Waals surface area (Å²) >= 11 is 5.95. The van der Waals surface area contributed by atoms with Crippen molar-refractivity contribution in [1.82, 2.24) is 14.7 Å². The van der Waals surface area contributed by atoms with Crippen LogP contribution in [0.3, 0.4) is 0 Å². The second kappa shape index (κ2) is 7.44. The van der Waals surface area contributed by atoms with E-state index in [1.54, 1.807) is 38.5 Å². The Morgan fingerprint density at radius 3 is 2.76 bits per heavy atom. The summed E-state index contributed by atoms with van der Waals surface area (Å²) in [6.45, 7) is 0.353. The molecule has 0 atom stereocenters. The molecule has 0 aliphatic heterocycles. The fourth-order valence-corrected chi connectivity index (χ4v) is 2.68. The zero-order valence-corrected chi connectivity index (χ0v) is 14.7. The molecule has 1 N–H and O–H groups in total. The average Bonchev–Trinajstić information content (AvgIpc) is 3.01. The highest BCUT2D eigenvalue weighted by molar-refractivity contribution is 6.30. The number of halogens is 1. The molecule has 3 aromatic rings. The van der Waals surface area contributed by atoms with Gasteiger partial charge in [-0.25, -0.2) is 4.98 Å². The average molecular weight is 360 g/mol. The number of imidazole rings is 1. The molecule has 0 aliphatic rings. The Kier molecular flexibility index (Phi) is 5.09. The summed E-state index contributed by atoms with van der Waals surface area (Å²) in [4.78, 5) is 16.6. The third-order valence-corrected chi connectivity index (χ3v) is 3.99. The first-order valence-corrected chi connectivity index (χ1v) is 8.07. The van der Waals surface area contributed by atoms with E-state index in [4.69, 9.17) is 21.1 Å². The van der Waals surface area contributed by atoms with E-state index in [-0.39, 0.29) is 12.3 Å². The summed E-state index contributed by atoms with van der Waals surface area (Å²) in [7, 11) is 3.14. The third-order valence-electron chi connectivity index (χ3n) is 3.75. The quantitative estimate of drug-likeness (QED) is 0.735. The van der Waals surface area contributed by atoms with Crippen molar-refractivity contribution in [1.29, 1.82) is 0 Å². The van der Waals surface area contributed by atoms with Crippen LogP contribution in [0.25, 0.3) is 5.65 Å². The van der Waals surface area contributed by atoms with E-state index in [0.29, 0.717) is 23.1 Å². The first-order valence-electron chi connectivity index (χ1n) is 7.70. The molecule has 0 saturated heterocycles. The largest absolute Gasteiger partial charge is 0.493 e. The molecule has 3 rings (SSSR count). The normalized spacial score (nSPS) is 10.7. The van der Waals surface area contributed by atoms with Gasteiger partial charge in [0, 0.05) is 17.4 Å². The molecular formula is C18H18ClN3O3. The topological polar surface area (TPSA) is 64.9 Å². The van der Waals surface area contributed by atoms with Crippen molar-refractivity contribution in [3.05, 3.63) is 59.0 Å². The lowest BCUT2D eigenvalue weighted by Crippen LogP contribution is -2.24. The molecule has 0 bridgehead atoms. The van der Waals surface area contributed by atoms with Crippen molar-refractivity contribution in [2.24, 2.45) is 0 Å². The Morgan fingerprint density at radius 2 is 2.00 bits per heavy atom. The number of benzene rings is 1. The van der Waals surface area contributed by atoms with Crippen LogP contribution in [-0.2, 0) is 17.8 Å². The maximum Gasteiger partial charge on any atom is 0.224 e. The molecule has 1 amide bonds. The van der Waals surface area contributed by atoms with Gasteiger partial charge in [-0.3, -0.25) is 4.79 Å². The molecule has 0 aliphatic carbocycles. The van der Waals surface area contributed by atoms with Crippen molar-refractivity contribution in [2.75, 3.05) is 14.2 Å². The number of aromatic nitrogens is 2. The fourth-order valence-electron chi connectivity index (χ4n) is 2.52. The number of methoxy groups -OCH3 is 2. The Balaban J connectivity index is 1.62. The molecule has 7 heteroatoms. The number of ether oxygens (including phenoxy) is 2. The van der Waals surface area contributed by atoms with Gasteiger partial charge in [-0.15, -0.1) is 0 Å². The van der Waals surface area contributed by atoms with Crippen LogP contribution in [0.1, 0.15) is 11.3 Å².